The van der Waals surface area contributed by atoms with Gasteiger partial charge in [-0.2, -0.15) is 0 Å². The normalized spacial score (nSPS) is 27.8. The fraction of sp³-hybridized carbons (Fsp3) is 0.533. The van der Waals surface area contributed by atoms with Crippen LogP contribution in [-0.4, -0.2) is 11.5 Å². The highest BCUT2D eigenvalue weighted by molar-refractivity contribution is 6.31. The van der Waals surface area contributed by atoms with Crippen LogP contribution in [0.3, 0.4) is 0 Å². The largest absolute Gasteiger partial charge is 0.440 e. The second-order valence-corrected chi connectivity index (χ2v) is 6.23. The summed E-state index contributed by atoms with van der Waals surface area (Å²) in [7, 11) is 0. The lowest BCUT2D eigenvalue weighted by molar-refractivity contribution is 0.210. The lowest BCUT2D eigenvalue weighted by Gasteiger charge is -2.35. The molecule has 2 aromatic rings. The van der Waals surface area contributed by atoms with E-state index in [1.807, 2.05) is 18.2 Å². The van der Waals surface area contributed by atoms with Crippen molar-refractivity contribution in [1.82, 2.24) is 4.98 Å². The van der Waals surface area contributed by atoms with Gasteiger partial charge in [0.25, 0.3) is 0 Å². The summed E-state index contributed by atoms with van der Waals surface area (Å²) in [4.78, 5) is 4.64. The summed E-state index contributed by atoms with van der Waals surface area (Å²) in [6.07, 6.45) is 4.50. The number of fused-ring (bicyclic) bond motifs is 1. The van der Waals surface area contributed by atoms with Crippen LogP contribution in [0.2, 0.25) is 5.02 Å². The number of nitrogens with zero attached hydrogens (tertiary/aromatic N) is 1. The smallest absolute Gasteiger partial charge is 0.202 e. The van der Waals surface area contributed by atoms with E-state index in [2.05, 4.69) is 11.9 Å². The summed E-state index contributed by atoms with van der Waals surface area (Å²) in [5, 5.41) is 0.675. The molecule has 0 aliphatic heterocycles. The predicted octanol–water partition coefficient (Wildman–Crippen LogP) is 3.89. The lowest BCUT2D eigenvalue weighted by Crippen LogP contribution is -2.38. The molecule has 0 saturated heterocycles. The second kappa shape index (κ2) is 4.80. The van der Waals surface area contributed by atoms with Gasteiger partial charge >= 0.3 is 0 Å². The van der Waals surface area contributed by atoms with E-state index in [1.54, 1.807) is 0 Å². The highest BCUT2D eigenvalue weighted by Gasteiger charge is 2.39. The fourth-order valence-corrected chi connectivity index (χ4v) is 3.11. The topological polar surface area (TPSA) is 52.0 Å². The Kier molecular flexibility index (Phi) is 3.27. The third-order valence-electron chi connectivity index (χ3n) is 4.43. The van der Waals surface area contributed by atoms with Gasteiger partial charge in [-0.05, 0) is 43.7 Å². The molecule has 4 heteroatoms. The van der Waals surface area contributed by atoms with Gasteiger partial charge in [0.1, 0.15) is 5.52 Å². The Bertz CT molecular complexity index is 585. The van der Waals surface area contributed by atoms with Crippen LogP contribution in [0.4, 0.5) is 0 Å². The van der Waals surface area contributed by atoms with E-state index in [9.17, 15) is 0 Å². The second-order valence-electron chi connectivity index (χ2n) is 5.80. The first-order valence-electron chi connectivity index (χ1n) is 6.90. The molecule has 0 unspecified atom stereocenters. The molecule has 0 amide bonds. The van der Waals surface area contributed by atoms with Crippen LogP contribution in [0.1, 0.15) is 38.5 Å². The van der Waals surface area contributed by atoms with Gasteiger partial charge in [-0.25, -0.2) is 4.98 Å². The number of nitrogens with two attached hydrogens (primary N) is 1. The maximum atomic E-state index is 6.04. The molecule has 3 rings (SSSR count). The molecule has 19 heavy (non-hydrogen) atoms. The summed E-state index contributed by atoms with van der Waals surface area (Å²) in [6, 6.07) is 5.57. The molecule has 1 aliphatic carbocycles. The molecule has 1 aromatic heterocycles. The summed E-state index contributed by atoms with van der Waals surface area (Å²) in [5.74, 6) is 1.57. The number of benzene rings is 1. The van der Waals surface area contributed by atoms with Gasteiger partial charge in [0.2, 0.25) is 5.89 Å². The number of hydrogen-bond acceptors (Lipinski definition) is 3. The first-order chi connectivity index (χ1) is 9.13. The van der Waals surface area contributed by atoms with Crippen molar-refractivity contribution in [2.75, 3.05) is 6.54 Å². The molecular weight excluding hydrogens is 260 g/mol. The van der Waals surface area contributed by atoms with Gasteiger partial charge in [-0.1, -0.05) is 18.5 Å². The predicted molar refractivity (Wildman–Crippen MR) is 77.4 cm³/mol. The van der Waals surface area contributed by atoms with Crippen molar-refractivity contribution < 1.29 is 4.42 Å². The van der Waals surface area contributed by atoms with E-state index in [-0.39, 0.29) is 5.41 Å². The number of hydrogen-bond donors (Lipinski definition) is 1. The Balaban J connectivity index is 2.01. The van der Waals surface area contributed by atoms with Crippen molar-refractivity contribution in [3.8, 4) is 0 Å². The van der Waals surface area contributed by atoms with E-state index in [1.165, 1.54) is 12.8 Å². The van der Waals surface area contributed by atoms with E-state index < -0.39 is 0 Å². The van der Waals surface area contributed by atoms with E-state index >= 15 is 0 Å². The Morgan fingerprint density at radius 1 is 1.42 bits per heavy atom. The molecular formula is C15H19ClN2O. The van der Waals surface area contributed by atoms with Crippen LogP contribution in [0.5, 0.6) is 0 Å². The van der Waals surface area contributed by atoms with Crippen molar-refractivity contribution in [1.29, 1.82) is 0 Å². The zero-order valence-electron chi connectivity index (χ0n) is 11.2. The van der Waals surface area contributed by atoms with Crippen molar-refractivity contribution in [3.05, 3.63) is 29.1 Å². The molecule has 0 radical (unpaired) electrons. The quantitative estimate of drug-likeness (QED) is 0.907. The van der Waals surface area contributed by atoms with Gasteiger partial charge in [-0.3, -0.25) is 0 Å². The maximum Gasteiger partial charge on any atom is 0.202 e. The molecule has 1 heterocycles. The minimum absolute atomic E-state index is 0.0853. The van der Waals surface area contributed by atoms with Crippen molar-refractivity contribution in [3.63, 3.8) is 0 Å². The van der Waals surface area contributed by atoms with Crippen LogP contribution >= 0.6 is 11.6 Å². The third-order valence-corrected chi connectivity index (χ3v) is 4.66. The molecule has 1 saturated carbocycles. The summed E-state index contributed by atoms with van der Waals surface area (Å²) < 4.78 is 5.94. The van der Waals surface area contributed by atoms with Crippen LogP contribution in [0.15, 0.2) is 22.6 Å². The van der Waals surface area contributed by atoms with E-state index in [0.717, 1.165) is 35.7 Å². The minimum Gasteiger partial charge on any atom is -0.440 e. The number of oxazole rings is 1. The summed E-state index contributed by atoms with van der Waals surface area (Å²) in [5.41, 5.74) is 7.58. The third kappa shape index (κ3) is 2.26. The number of aromatic nitrogens is 1. The zero-order chi connectivity index (χ0) is 13.5. The molecule has 102 valence electrons. The van der Waals surface area contributed by atoms with Crippen molar-refractivity contribution >= 4 is 22.7 Å². The highest BCUT2D eigenvalue weighted by Crippen LogP contribution is 2.41. The van der Waals surface area contributed by atoms with Crippen LogP contribution < -0.4 is 5.73 Å². The van der Waals surface area contributed by atoms with Gasteiger partial charge in [-0.15, -0.1) is 0 Å². The highest BCUT2D eigenvalue weighted by atomic mass is 35.5. The van der Waals surface area contributed by atoms with Gasteiger partial charge in [0, 0.05) is 17.6 Å². The molecule has 1 aromatic carbocycles. The van der Waals surface area contributed by atoms with Crippen LogP contribution in [0, 0.1) is 5.92 Å². The minimum atomic E-state index is -0.0853. The summed E-state index contributed by atoms with van der Waals surface area (Å²) >= 11 is 5.99. The number of halogens is 1. The number of rotatable bonds is 2. The first kappa shape index (κ1) is 12.9. The monoisotopic (exact) mass is 278 g/mol. The van der Waals surface area contributed by atoms with Gasteiger partial charge in [0.15, 0.2) is 5.58 Å². The van der Waals surface area contributed by atoms with E-state index in [0.29, 0.717) is 11.6 Å². The Hall–Kier alpha value is -1.06. The Morgan fingerprint density at radius 2 is 2.16 bits per heavy atom. The van der Waals surface area contributed by atoms with Crippen molar-refractivity contribution in [2.24, 2.45) is 11.7 Å². The molecule has 1 aliphatic rings. The average Bonchev–Trinajstić information content (AvgIpc) is 2.83. The zero-order valence-corrected chi connectivity index (χ0v) is 11.9. The Labute approximate surface area is 118 Å². The van der Waals surface area contributed by atoms with Gasteiger partial charge < -0.3 is 10.2 Å². The molecule has 0 bridgehead atoms. The molecule has 0 spiro atoms. The Morgan fingerprint density at radius 3 is 2.84 bits per heavy atom. The average molecular weight is 279 g/mol. The fourth-order valence-electron chi connectivity index (χ4n) is 2.95. The SMILES string of the molecule is CC1CCC(CN)(c2nc3ccc(Cl)cc3o2)CC1. The van der Waals surface area contributed by atoms with E-state index in [4.69, 9.17) is 21.8 Å². The lowest BCUT2D eigenvalue weighted by atomic mass is 9.71. The van der Waals surface area contributed by atoms with Gasteiger partial charge in [0.05, 0.1) is 5.41 Å². The first-order valence-corrected chi connectivity index (χ1v) is 7.27. The molecule has 3 nitrogen and oxygen atoms in total. The van der Waals surface area contributed by atoms with Crippen molar-refractivity contribution in [2.45, 2.75) is 38.0 Å². The van der Waals surface area contributed by atoms with Crippen LogP contribution in [0.25, 0.3) is 11.1 Å². The molecule has 2 N–H and O–H groups in total. The van der Waals surface area contributed by atoms with Crippen LogP contribution in [-0.2, 0) is 5.41 Å². The summed E-state index contributed by atoms with van der Waals surface area (Å²) in [6.45, 7) is 2.90. The maximum absolute atomic E-state index is 6.04. The molecule has 1 fully saturated rings. The standard InChI is InChI=1S/C15H19ClN2O/c1-10-4-6-15(9-17,7-5-10)14-18-12-3-2-11(16)8-13(12)19-14/h2-3,8,10H,4-7,9,17H2,1H3. The molecule has 0 atom stereocenters.